The summed E-state index contributed by atoms with van der Waals surface area (Å²) in [6.07, 6.45) is 1.02. The molecule has 0 saturated heterocycles. The zero-order valence-electron chi connectivity index (χ0n) is 19.4. The van der Waals surface area contributed by atoms with Gasteiger partial charge in [-0.3, -0.25) is 0 Å². The molecule has 4 aromatic rings. The number of benzene rings is 2. The predicted molar refractivity (Wildman–Crippen MR) is 137 cm³/mol. The molecule has 0 saturated carbocycles. The number of likely N-dealkylation sites (N-methyl/N-ethyl adjacent to an activating group) is 1. The summed E-state index contributed by atoms with van der Waals surface area (Å²) in [6.45, 7) is 2.41. The van der Waals surface area contributed by atoms with Gasteiger partial charge >= 0.3 is 6.09 Å². The Morgan fingerprint density at radius 2 is 1.86 bits per heavy atom. The third-order valence-electron chi connectivity index (χ3n) is 5.41. The van der Waals surface area contributed by atoms with Crippen LogP contribution in [-0.4, -0.2) is 52.6 Å². The molecule has 8 nitrogen and oxygen atoms in total. The summed E-state index contributed by atoms with van der Waals surface area (Å²) in [5, 5.41) is 6.45. The Hall–Kier alpha value is -3.63. The van der Waals surface area contributed by atoms with E-state index in [0.29, 0.717) is 28.8 Å². The molecule has 1 unspecified atom stereocenters. The number of anilines is 2. The highest BCUT2D eigenvalue weighted by Crippen LogP contribution is 2.36. The molecule has 35 heavy (non-hydrogen) atoms. The summed E-state index contributed by atoms with van der Waals surface area (Å²) < 4.78 is 19.7. The first-order valence-corrected chi connectivity index (χ1v) is 11.7. The van der Waals surface area contributed by atoms with Crippen LogP contribution in [0.2, 0.25) is 0 Å². The minimum absolute atomic E-state index is 0.117. The smallest absolute Gasteiger partial charge is 0.391 e. The van der Waals surface area contributed by atoms with Crippen molar-refractivity contribution in [2.24, 2.45) is 0 Å². The number of nitrogens with one attached hydrogen (secondary N) is 2. The summed E-state index contributed by atoms with van der Waals surface area (Å²) in [6, 6.07) is 15.4. The molecule has 2 aromatic heterocycles. The molecular formula is C25H24BrFN6O2. The van der Waals surface area contributed by atoms with Crippen molar-refractivity contribution in [3.63, 3.8) is 0 Å². The Morgan fingerprint density at radius 3 is 2.57 bits per heavy atom. The largest absolute Gasteiger partial charge is 0.414 e. The fraction of sp³-hybridized carbons (Fsp3) is 0.200. The van der Waals surface area contributed by atoms with Crippen LogP contribution >= 0.6 is 15.9 Å². The van der Waals surface area contributed by atoms with E-state index in [0.717, 1.165) is 10.0 Å². The number of carbonyl (C=O) groups excluding carboxylic acids is 1. The Morgan fingerprint density at radius 1 is 1.11 bits per heavy atom. The van der Waals surface area contributed by atoms with Gasteiger partial charge in [-0.05, 0) is 57.4 Å². The number of ether oxygens (including phenoxy) is 1. The van der Waals surface area contributed by atoms with Gasteiger partial charge in [-0.25, -0.2) is 14.2 Å². The van der Waals surface area contributed by atoms with Crippen molar-refractivity contribution >= 4 is 44.7 Å². The molecule has 1 atom stereocenters. The van der Waals surface area contributed by atoms with Crippen LogP contribution in [0.15, 0.2) is 65.3 Å². The number of nitrogens with zero attached hydrogens (tertiary/aromatic N) is 4. The van der Waals surface area contributed by atoms with Gasteiger partial charge in [-0.1, -0.05) is 34.1 Å². The van der Waals surface area contributed by atoms with Gasteiger partial charge < -0.3 is 20.3 Å². The monoisotopic (exact) mass is 538 g/mol. The van der Waals surface area contributed by atoms with Crippen molar-refractivity contribution in [3.05, 3.63) is 71.1 Å². The lowest BCUT2D eigenvalue weighted by Crippen LogP contribution is -2.39. The number of hydrogen-bond acceptors (Lipinski definition) is 7. The first kappa shape index (κ1) is 24.5. The van der Waals surface area contributed by atoms with Crippen LogP contribution < -0.4 is 15.4 Å². The van der Waals surface area contributed by atoms with Crippen molar-refractivity contribution in [2.75, 3.05) is 26.0 Å². The van der Waals surface area contributed by atoms with E-state index in [-0.39, 0.29) is 23.7 Å². The summed E-state index contributed by atoms with van der Waals surface area (Å²) >= 11 is 3.56. The number of pyridine rings is 1. The lowest BCUT2D eigenvalue weighted by atomic mass is 10.1. The van der Waals surface area contributed by atoms with E-state index in [1.54, 1.807) is 18.3 Å². The van der Waals surface area contributed by atoms with Crippen molar-refractivity contribution in [3.8, 4) is 17.0 Å². The van der Waals surface area contributed by atoms with Crippen molar-refractivity contribution in [2.45, 2.75) is 13.0 Å². The molecule has 2 N–H and O–H groups in total. The Balaban J connectivity index is 1.68. The van der Waals surface area contributed by atoms with Gasteiger partial charge in [0.1, 0.15) is 5.82 Å². The second-order valence-corrected chi connectivity index (χ2v) is 9.00. The maximum atomic E-state index is 13.2. The Labute approximate surface area is 210 Å². The highest BCUT2D eigenvalue weighted by atomic mass is 79.9. The number of halogens is 2. The second kappa shape index (κ2) is 10.7. The molecule has 0 fully saturated rings. The van der Waals surface area contributed by atoms with Gasteiger partial charge in [-0.15, -0.1) is 0 Å². The molecule has 10 heteroatoms. The van der Waals surface area contributed by atoms with E-state index in [1.807, 2.05) is 56.3 Å². The molecule has 0 spiro atoms. The lowest BCUT2D eigenvalue weighted by molar-refractivity contribution is 0.194. The van der Waals surface area contributed by atoms with E-state index < -0.39 is 6.09 Å². The van der Waals surface area contributed by atoms with Crippen LogP contribution in [0.1, 0.15) is 6.92 Å². The minimum Gasteiger partial charge on any atom is -0.391 e. The molecule has 0 aliphatic carbocycles. The van der Waals surface area contributed by atoms with Crippen molar-refractivity contribution < 1.29 is 13.9 Å². The second-order valence-electron chi connectivity index (χ2n) is 8.14. The molecule has 180 valence electrons. The maximum Gasteiger partial charge on any atom is 0.414 e. The number of hydrogen-bond donors (Lipinski definition) is 2. The molecule has 2 aromatic carbocycles. The lowest BCUT2D eigenvalue weighted by Gasteiger charge is -2.20. The first-order valence-electron chi connectivity index (χ1n) is 10.9. The minimum atomic E-state index is -0.613. The SMILES string of the molecule is CC(CNC(=O)Oc1nc2nc(Nc3ccc(F)cc3)ncc2cc1-c1ccccc1Br)N(C)C. The normalized spacial score (nSPS) is 11.9. The van der Waals surface area contributed by atoms with Gasteiger partial charge in [0.15, 0.2) is 5.65 Å². The van der Waals surface area contributed by atoms with Crippen molar-refractivity contribution in [1.82, 2.24) is 25.2 Å². The predicted octanol–water partition coefficient (Wildman–Crippen LogP) is 5.38. The quantitative estimate of drug-likeness (QED) is 0.326. The summed E-state index contributed by atoms with van der Waals surface area (Å²) in [7, 11) is 3.87. The van der Waals surface area contributed by atoms with Gasteiger partial charge in [0.05, 0.1) is 0 Å². The van der Waals surface area contributed by atoms with E-state index in [4.69, 9.17) is 4.74 Å². The number of aromatic nitrogens is 3. The zero-order chi connectivity index (χ0) is 24.9. The van der Waals surface area contributed by atoms with E-state index in [2.05, 4.69) is 41.5 Å². The van der Waals surface area contributed by atoms with Gasteiger partial charge in [0, 0.05) is 45.5 Å². The Kier molecular flexibility index (Phi) is 7.52. The van der Waals surface area contributed by atoms with Gasteiger partial charge in [0.2, 0.25) is 11.8 Å². The third kappa shape index (κ3) is 6.09. The molecule has 0 radical (unpaired) electrons. The zero-order valence-corrected chi connectivity index (χ0v) is 21.0. The molecule has 0 aliphatic heterocycles. The van der Waals surface area contributed by atoms with Crippen LogP contribution in [0.3, 0.4) is 0 Å². The number of fused-ring (bicyclic) bond motifs is 1. The molecular weight excluding hydrogens is 515 g/mol. The van der Waals surface area contributed by atoms with Crippen LogP contribution in [0.25, 0.3) is 22.2 Å². The molecule has 1 amide bonds. The van der Waals surface area contributed by atoms with E-state index in [1.165, 1.54) is 12.1 Å². The van der Waals surface area contributed by atoms with E-state index >= 15 is 0 Å². The molecule has 0 bridgehead atoms. The van der Waals surface area contributed by atoms with Crippen LogP contribution in [0, 0.1) is 5.82 Å². The topological polar surface area (TPSA) is 92.3 Å². The van der Waals surface area contributed by atoms with Crippen molar-refractivity contribution in [1.29, 1.82) is 0 Å². The number of amides is 1. The molecule has 2 heterocycles. The third-order valence-corrected chi connectivity index (χ3v) is 6.10. The fourth-order valence-electron chi connectivity index (χ4n) is 3.16. The standard InChI is InChI=1S/C25H24BrFN6O2/c1-15(33(2)3)13-29-25(34)35-23-20(19-6-4-5-7-21(19)26)12-16-14-28-24(32-22(16)31-23)30-18-10-8-17(27)9-11-18/h4-12,14-15H,13H2,1-3H3,(H,29,34)(H,28,30,31,32). The summed E-state index contributed by atoms with van der Waals surface area (Å²) in [4.78, 5) is 27.9. The molecule has 0 aliphatic rings. The maximum absolute atomic E-state index is 13.2. The van der Waals surface area contributed by atoms with Gasteiger partial charge in [-0.2, -0.15) is 9.97 Å². The summed E-state index contributed by atoms with van der Waals surface area (Å²) in [5.41, 5.74) is 2.38. The Bertz CT molecular complexity index is 1350. The van der Waals surface area contributed by atoms with E-state index in [9.17, 15) is 9.18 Å². The first-order chi connectivity index (χ1) is 16.8. The number of carbonyl (C=O) groups is 1. The van der Waals surface area contributed by atoms with Crippen LogP contribution in [0.5, 0.6) is 5.88 Å². The number of rotatable bonds is 7. The fourth-order valence-corrected chi connectivity index (χ4v) is 3.66. The van der Waals surface area contributed by atoms with Crippen LogP contribution in [-0.2, 0) is 0 Å². The van der Waals surface area contributed by atoms with Gasteiger partial charge in [0.25, 0.3) is 0 Å². The highest BCUT2D eigenvalue weighted by molar-refractivity contribution is 9.10. The average molecular weight is 539 g/mol. The highest BCUT2D eigenvalue weighted by Gasteiger charge is 2.18. The molecule has 4 rings (SSSR count). The summed E-state index contributed by atoms with van der Waals surface area (Å²) in [5.74, 6) is 0.0580. The van der Waals surface area contributed by atoms with Crippen LogP contribution in [0.4, 0.5) is 20.8 Å². The average Bonchev–Trinajstić information content (AvgIpc) is 2.84.